The lowest BCUT2D eigenvalue weighted by molar-refractivity contribution is 0.575. The molecule has 0 amide bonds. The minimum absolute atomic E-state index is 0.599. The molecule has 5 nitrogen and oxygen atoms in total. The van der Waals surface area contributed by atoms with E-state index in [0.29, 0.717) is 6.54 Å². The Bertz CT molecular complexity index is 1320. The zero-order valence-electron chi connectivity index (χ0n) is 15.5. The normalized spacial score (nSPS) is 12.3. The lowest BCUT2D eigenvalue weighted by Crippen LogP contribution is -2.12. The molecular formula is C23H18N4OS. The van der Waals surface area contributed by atoms with Gasteiger partial charge >= 0.3 is 0 Å². The van der Waals surface area contributed by atoms with Crippen molar-refractivity contribution >= 4 is 28.5 Å². The summed E-state index contributed by atoms with van der Waals surface area (Å²) in [6.45, 7) is 0.599. The fourth-order valence-corrected chi connectivity index (χ4v) is 3.99. The fraction of sp³-hybridized carbons (Fsp3) is 0.0435. The number of hydrogen-bond acceptors (Lipinski definition) is 4. The second-order valence-electron chi connectivity index (χ2n) is 6.53. The van der Waals surface area contributed by atoms with Crippen molar-refractivity contribution < 1.29 is 4.42 Å². The van der Waals surface area contributed by atoms with E-state index in [2.05, 4.69) is 29.2 Å². The first-order valence-electron chi connectivity index (χ1n) is 9.28. The van der Waals surface area contributed by atoms with E-state index in [4.69, 9.17) is 14.5 Å². The van der Waals surface area contributed by atoms with E-state index in [-0.39, 0.29) is 0 Å². The number of nitrogens with one attached hydrogen (secondary N) is 1. The number of furan rings is 1. The van der Waals surface area contributed by atoms with Gasteiger partial charge in [0.1, 0.15) is 5.69 Å². The van der Waals surface area contributed by atoms with Crippen LogP contribution in [0.2, 0.25) is 0 Å². The Balaban J connectivity index is 1.57. The molecule has 0 fully saturated rings. The SMILES string of the molecule is C(=Nn1c(-c2ccco2)csc1=NCc1ccccc1)c1c[nH]c2ccccc12. The van der Waals surface area contributed by atoms with Crippen LogP contribution in [0.3, 0.4) is 0 Å². The molecule has 5 rings (SSSR count). The van der Waals surface area contributed by atoms with Crippen LogP contribution in [-0.4, -0.2) is 15.9 Å². The lowest BCUT2D eigenvalue weighted by atomic mass is 10.2. The first-order chi connectivity index (χ1) is 14.4. The average Bonchev–Trinajstić information content (AvgIpc) is 3.51. The summed E-state index contributed by atoms with van der Waals surface area (Å²) >= 11 is 1.55. The van der Waals surface area contributed by atoms with Crippen LogP contribution in [0.15, 0.2) is 99.1 Å². The van der Waals surface area contributed by atoms with Gasteiger partial charge in [-0.05, 0) is 23.8 Å². The van der Waals surface area contributed by atoms with E-state index in [0.717, 1.165) is 38.3 Å². The topological polar surface area (TPSA) is 58.6 Å². The maximum Gasteiger partial charge on any atom is 0.206 e. The van der Waals surface area contributed by atoms with Gasteiger partial charge in [-0.25, -0.2) is 4.68 Å². The molecule has 2 aromatic carbocycles. The number of H-pyrrole nitrogens is 1. The van der Waals surface area contributed by atoms with Gasteiger partial charge in [0.25, 0.3) is 0 Å². The molecule has 0 aliphatic heterocycles. The monoisotopic (exact) mass is 398 g/mol. The van der Waals surface area contributed by atoms with Crippen LogP contribution >= 0.6 is 11.3 Å². The number of rotatable bonds is 5. The first kappa shape index (κ1) is 17.5. The van der Waals surface area contributed by atoms with E-state index in [1.165, 1.54) is 0 Å². The Kier molecular flexibility index (Phi) is 4.68. The summed E-state index contributed by atoms with van der Waals surface area (Å²) in [5, 5.41) is 7.91. The molecule has 3 heterocycles. The molecule has 3 aromatic heterocycles. The first-order valence-corrected chi connectivity index (χ1v) is 10.2. The summed E-state index contributed by atoms with van der Waals surface area (Å²) in [5.74, 6) is 0.762. The van der Waals surface area contributed by atoms with Gasteiger partial charge in [-0.15, -0.1) is 11.3 Å². The number of benzene rings is 2. The number of aromatic amines is 1. The summed E-state index contributed by atoms with van der Waals surface area (Å²) in [7, 11) is 0. The molecule has 0 spiro atoms. The third-order valence-corrected chi connectivity index (χ3v) is 5.49. The predicted octanol–water partition coefficient (Wildman–Crippen LogP) is 5.27. The molecule has 0 aliphatic carbocycles. The smallest absolute Gasteiger partial charge is 0.206 e. The molecule has 1 N–H and O–H groups in total. The summed E-state index contributed by atoms with van der Waals surface area (Å²) in [5.41, 5.74) is 4.15. The molecule has 0 bridgehead atoms. The molecule has 0 saturated heterocycles. The fourth-order valence-electron chi connectivity index (χ4n) is 3.18. The third kappa shape index (κ3) is 3.58. The van der Waals surface area contributed by atoms with Gasteiger partial charge in [-0.1, -0.05) is 48.5 Å². The molecule has 0 radical (unpaired) electrons. The summed E-state index contributed by atoms with van der Waals surface area (Å²) in [6, 6.07) is 22.2. The van der Waals surface area contributed by atoms with Crippen molar-refractivity contribution in [1.29, 1.82) is 0 Å². The van der Waals surface area contributed by atoms with Crippen LogP contribution in [0.25, 0.3) is 22.4 Å². The van der Waals surface area contributed by atoms with Crippen LogP contribution < -0.4 is 4.80 Å². The molecule has 0 atom stereocenters. The van der Waals surface area contributed by atoms with E-state index in [1.54, 1.807) is 17.6 Å². The minimum Gasteiger partial charge on any atom is -0.463 e. The Morgan fingerprint density at radius 3 is 2.72 bits per heavy atom. The van der Waals surface area contributed by atoms with Crippen LogP contribution in [0, 0.1) is 0 Å². The highest BCUT2D eigenvalue weighted by atomic mass is 32.1. The number of hydrogen-bond donors (Lipinski definition) is 1. The van der Waals surface area contributed by atoms with Crippen molar-refractivity contribution in [2.45, 2.75) is 6.54 Å². The van der Waals surface area contributed by atoms with Gasteiger partial charge in [0.05, 0.1) is 19.0 Å². The Labute approximate surface area is 171 Å². The van der Waals surface area contributed by atoms with Crippen molar-refractivity contribution in [1.82, 2.24) is 9.66 Å². The number of aromatic nitrogens is 2. The quantitative estimate of drug-likeness (QED) is 0.403. The molecule has 5 aromatic rings. The van der Waals surface area contributed by atoms with Crippen molar-refractivity contribution in [2.75, 3.05) is 0 Å². The van der Waals surface area contributed by atoms with Crippen molar-refractivity contribution in [3.05, 3.63) is 100 Å². The second-order valence-corrected chi connectivity index (χ2v) is 7.37. The average molecular weight is 398 g/mol. The highest BCUT2D eigenvalue weighted by Crippen LogP contribution is 2.21. The van der Waals surface area contributed by atoms with E-state index in [9.17, 15) is 0 Å². The van der Waals surface area contributed by atoms with Gasteiger partial charge in [0.15, 0.2) is 5.76 Å². The van der Waals surface area contributed by atoms with Crippen LogP contribution in [0.1, 0.15) is 11.1 Å². The maximum atomic E-state index is 5.61. The second kappa shape index (κ2) is 7.77. The zero-order chi connectivity index (χ0) is 19.5. The molecule has 6 heteroatoms. The number of thiazole rings is 1. The summed E-state index contributed by atoms with van der Waals surface area (Å²) in [4.78, 5) is 8.89. The van der Waals surface area contributed by atoms with Crippen molar-refractivity contribution in [3.63, 3.8) is 0 Å². The van der Waals surface area contributed by atoms with E-state index < -0.39 is 0 Å². The Morgan fingerprint density at radius 1 is 1.00 bits per heavy atom. The Morgan fingerprint density at radius 2 is 1.86 bits per heavy atom. The standard InChI is InChI=1S/C23H18N4OS/c1-2-7-17(8-3-1)13-25-23-27(21(16-29-23)22-11-6-12-28-22)26-15-18-14-24-20-10-5-4-9-19(18)20/h1-12,14-16,24H,13H2. The number of fused-ring (bicyclic) bond motifs is 1. The molecule has 0 saturated carbocycles. The number of nitrogens with zero attached hydrogens (tertiary/aromatic N) is 3. The predicted molar refractivity (Wildman–Crippen MR) is 117 cm³/mol. The largest absolute Gasteiger partial charge is 0.463 e. The van der Waals surface area contributed by atoms with Gasteiger partial charge in [-0.3, -0.25) is 4.99 Å². The highest BCUT2D eigenvalue weighted by Gasteiger charge is 2.10. The molecule has 29 heavy (non-hydrogen) atoms. The van der Waals surface area contributed by atoms with Gasteiger partial charge in [0, 0.05) is 28.0 Å². The zero-order valence-corrected chi connectivity index (χ0v) is 16.3. The maximum absolute atomic E-state index is 5.61. The van der Waals surface area contributed by atoms with Crippen molar-refractivity contribution in [3.8, 4) is 11.5 Å². The lowest BCUT2D eigenvalue weighted by Gasteiger charge is -2.00. The van der Waals surface area contributed by atoms with Gasteiger partial charge in [-0.2, -0.15) is 5.10 Å². The molecule has 142 valence electrons. The Hall–Kier alpha value is -3.64. The minimum atomic E-state index is 0.599. The summed E-state index contributed by atoms with van der Waals surface area (Å²) < 4.78 is 7.45. The number of para-hydroxylation sites is 1. The molecular weight excluding hydrogens is 380 g/mol. The third-order valence-electron chi connectivity index (χ3n) is 4.63. The van der Waals surface area contributed by atoms with Gasteiger partial charge in [0.2, 0.25) is 4.80 Å². The molecule has 0 aliphatic rings. The van der Waals surface area contributed by atoms with Crippen LogP contribution in [0.4, 0.5) is 0 Å². The van der Waals surface area contributed by atoms with E-state index in [1.807, 2.05) is 64.9 Å². The van der Waals surface area contributed by atoms with Gasteiger partial charge < -0.3 is 9.40 Å². The van der Waals surface area contributed by atoms with Crippen LogP contribution in [-0.2, 0) is 6.54 Å². The summed E-state index contributed by atoms with van der Waals surface area (Å²) in [6.07, 6.45) is 5.50. The van der Waals surface area contributed by atoms with Crippen LogP contribution in [0.5, 0.6) is 0 Å². The molecule has 0 unspecified atom stereocenters. The van der Waals surface area contributed by atoms with Crippen molar-refractivity contribution in [2.24, 2.45) is 10.1 Å². The van der Waals surface area contributed by atoms with E-state index >= 15 is 0 Å². The highest BCUT2D eigenvalue weighted by molar-refractivity contribution is 7.07.